The summed E-state index contributed by atoms with van der Waals surface area (Å²) in [6, 6.07) is 9.68. The molecule has 0 radical (unpaired) electrons. The lowest BCUT2D eigenvalue weighted by Gasteiger charge is -2.10. The Hall–Kier alpha value is -3.75. The normalized spacial score (nSPS) is 10.4. The second-order valence-corrected chi connectivity index (χ2v) is 4.68. The minimum atomic E-state index is -0.917. The third-order valence-corrected chi connectivity index (χ3v) is 3.10. The molecule has 0 aromatic heterocycles. The molecular formula is C16H12N2O7. The van der Waals surface area contributed by atoms with Crippen LogP contribution >= 0.6 is 0 Å². The first-order valence-electron chi connectivity index (χ1n) is 6.87. The van der Waals surface area contributed by atoms with Crippen LogP contribution in [0.5, 0.6) is 11.5 Å². The van der Waals surface area contributed by atoms with Crippen molar-refractivity contribution in [2.45, 2.75) is 0 Å². The summed E-state index contributed by atoms with van der Waals surface area (Å²) in [5, 5.41) is 21.3. The average molecular weight is 344 g/mol. The maximum absolute atomic E-state index is 12.2. The average Bonchev–Trinajstić information content (AvgIpc) is 2.60. The van der Waals surface area contributed by atoms with Crippen LogP contribution in [-0.4, -0.2) is 22.9 Å². The Labute approximate surface area is 141 Å². The van der Waals surface area contributed by atoms with Gasteiger partial charge in [0.05, 0.1) is 17.0 Å². The monoisotopic (exact) mass is 344 g/mol. The van der Waals surface area contributed by atoms with Crippen LogP contribution < -0.4 is 9.47 Å². The molecule has 0 amide bonds. The number of ether oxygens (including phenoxy) is 2. The lowest BCUT2D eigenvalue weighted by Crippen LogP contribution is -2.11. The highest BCUT2D eigenvalue weighted by atomic mass is 16.6. The van der Waals surface area contributed by atoms with Crippen molar-refractivity contribution in [2.24, 2.45) is 0 Å². The van der Waals surface area contributed by atoms with Gasteiger partial charge in [0.1, 0.15) is 5.56 Å². The van der Waals surface area contributed by atoms with Crippen LogP contribution in [-0.2, 0) is 0 Å². The van der Waals surface area contributed by atoms with E-state index in [1.807, 2.05) is 0 Å². The topological polar surface area (TPSA) is 122 Å². The van der Waals surface area contributed by atoms with Gasteiger partial charge >= 0.3 is 5.97 Å². The number of hydrogen-bond acceptors (Lipinski definition) is 7. The smallest absolute Gasteiger partial charge is 0.350 e. The summed E-state index contributed by atoms with van der Waals surface area (Å²) in [7, 11) is 1.33. The Morgan fingerprint density at radius 3 is 2.44 bits per heavy atom. The fraction of sp³-hybridized carbons (Fsp3) is 0.0625. The summed E-state index contributed by atoms with van der Waals surface area (Å²) in [6.07, 6.45) is 2.00. The highest BCUT2D eigenvalue weighted by molar-refractivity contribution is 5.95. The van der Waals surface area contributed by atoms with Crippen LogP contribution in [0.4, 0.5) is 5.69 Å². The Morgan fingerprint density at radius 1 is 1.08 bits per heavy atom. The second kappa shape index (κ2) is 7.68. The predicted octanol–water partition coefficient (Wildman–Crippen LogP) is 3.07. The summed E-state index contributed by atoms with van der Waals surface area (Å²) < 4.78 is 10.3. The van der Waals surface area contributed by atoms with Crippen molar-refractivity contribution in [3.05, 3.63) is 80.0 Å². The molecule has 9 nitrogen and oxygen atoms in total. The van der Waals surface area contributed by atoms with Crippen molar-refractivity contribution in [1.82, 2.24) is 0 Å². The minimum Gasteiger partial charge on any atom is -0.493 e. The number of nitrogens with zero attached hydrogens (tertiary/aromatic N) is 2. The third kappa shape index (κ3) is 4.38. The first kappa shape index (κ1) is 17.6. The maximum Gasteiger partial charge on any atom is 0.350 e. The van der Waals surface area contributed by atoms with Gasteiger partial charge in [-0.05, 0) is 23.8 Å². The number of rotatable bonds is 6. The van der Waals surface area contributed by atoms with Gasteiger partial charge in [0.2, 0.25) is 6.20 Å². The summed E-state index contributed by atoms with van der Waals surface area (Å²) in [5.41, 5.74) is -0.122. The fourth-order valence-electron chi connectivity index (χ4n) is 1.98. The van der Waals surface area contributed by atoms with Crippen LogP contribution in [0, 0.1) is 20.2 Å². The molecule has 0 N–H and O–H groups in total. The van der Waals surface area contributed by atoms with Crippen LogP contribution in [0.1, 0.15) is 15.9 Å². The molecule has 9 heteroatoms. The number of esters is 1. The van der Waals surface area contributed by atoms with Gasteiger partial charge in [-0.15, -0.1) is 0 Å². The molecule has 0 aliphatic heterocycles. The summed E-state index contributed by atoms with van der Waals surface area (Å²) >= 11 is 0. The standard InChI is InChI=1S/C16H12N2O7/c1-24-15-10-11(8-9-17(20)21)6-7-14(15)25-16(19)12-4-2-3-5-13(12)18(22)23/h2-10H,1H3/b9-8+. The van der Waals surface area contributed by atoms with E-state index >= 15 is 0 Å². The number of carbonyl (C=O) groups excluding carboxylic acids is 1. The first-order valence-corrected chi connectivity index (χ1v) is 6.87. The van der Waals surface area contributed by atoms with Crippen LogP contribution in [0.3, 0.4) is 0 Å². The summed E-state index contributed by atoms with van der Waals surface area (Å²) in [5.74, 6) is -0.736. The van der Waals surface area contributed by atoms with Gasteiger partial charge in [0.15, 0.2) is 11.5 Å². The van der Waals surface area contributed by atoms with Crippen molar-refractivity contribution in [3.8, 4) is 11.5 Å². The van der Waals surface area contributed by atoms with Crippen molar-refractivity contribution < 1.29 is 24.1 Å². The number of benzene rings is 2. The van der Waals surface area contributed by atoms with Gasteiger partial charge in [0, 0.05) is 12.1 Å². The van der Waals surface area contributed by atoms with Gasteiger partial charge in [-0.25, -0.2) is 4.79 Å². The fourth-order valence-corrected chi connectivity index (χ4v) is 1.98. The Bertz CT molecular complexity index is 861. The second-order valence-electron chi connectivity index (χ2n) is 4.68. The molecule has 0 saturated carbocycles. The van der Waals surface area contributed by atoms with E-state index in [4.69, 9.17) is 9.47 Å². The summed E-state index contributed by atoms with van der Waals surface area (Å²) in [6.45, 7) is 0. The molecule has 0 atom stereocenters. The molecule has 0 aliphatic rings. The van der Waals surface area contributed by atoms with Crippen molar-refractivity contribution in [2.75, 3.05) is 7.11 Å². The SMILES string of the molecule is COc1cc(/C=C/[N+](=O)[O-])ccc1OC(=O)c1ccccc1[N+](=O)[O-]. The Kier molecular flexibility index (Phi) is 5.41. The van der Waals surface area contributed by atoms with E-state index in [1.54, 1.807) is 0 Å². The van der Waals surface area contributed by atoms with Gasteiger partial charge in [-0.3, -0.25) is 20.2 Å². The first-order chi connectivity index (χ1) is 11.9. The molecule has 2 rings (SSSR count). The van der Waals surface area contributed by atoms with Crippen molar-refractivity contribution >= 4 is 17.7 Å². The van der Waals surface area contributed by atoms with E-state index in [2.05, 4.69) is 0 Å². The number of nitro benzene ring substituents is 1. The van der Waals surface area contributed by atoms with E-state index in [9.17, 15) is 25.0 Å². The predicted molar refractivity (Wildman–Crippen MR) is 87.1 cm³/mol. The number of carbonyl (C=O) groups is 1. The number of methoxy groups -OCH3 is 1. The van der Waals surface area contributed by atoms with Gasteiger partial charge in [0.25, 0.3) is 5.69 Å². The highest BCUT2D eigenvalue weighted by Gasteiger charge is 2.22. The van der Waals surface area contributed by atoms with Gasteiger partial charge in [-0.1, -0.05) is 18.2 Å². The molecule has 0 heterocycles. The molecule has 25 heavy (non-hydrogen) atoms. The molecule has 2 aromatic rings. The zero-order chi connectivity index (χ0) is 18.4. The van der Waals surface area contributed by atoms with Crippen LogP contribution in [0.2, 0.25) is 0 Å². The van der Waals surface area contributed by atoms with Gasteiger partial charge < -0.3 is 9.47 Å². The Morgan fingerprint density at radius 2 is 1.80 bits per heavy atom. The van der Waals surface area contributed by atoms with Crippen molar-refractivity contribution in [3.63, 3.8) is 0 Å². The van der Waals surface area contributed by atoms with E-state index in [-0.39, 0.29) is 22.7 Å². The third-order valence-electron chi connectivity index (χ3n) is 3.10. The molecule has 0 bridgehead atoms. The highest BCUT2D eigenvalue weighted by Crippen LogP contribution is 2.30. The zero-order valence-electron chi connectivity index (χ0n) is 12.9. The van der Waals surface area contributed by atoms with E-state index in [1.165, 1.54) is 55.7 Å². The largest absolute Gasteiger partial charge is 0.493 e. The summed E-state index contributed by atoms with van der Waals surface area (Å²) in [4.78, 5) is 32.3. The molecule has 0 aliphatic carbocycles. The number of nitro groups is 2. The number of hydrogen-bond donors (Lipinski definition) is 0. The molecule has 0 spiro atoms. The molecule has 2 aromatic carbocycles. The van der Waals surface area contributed by atoms with Crippen LogP contribution in [0.25, 0.3) is 6.08 Å². The maximum atomic E-state index is 12.2. The lowest BCUT2D eigenvalue weighted by atomic mass is 10.1. The lowest BCUT2D eigenvalue weighted by molar-refractivity contribution is -0.400. The molecular weight excluding hydrogens is 332 g/mol. The van der Waals surface area contributed by atoms with E-state index in [0.717, 1.165) is 6.20 Å². The quantitative estimate of drug-likeness (QED) is 0.341. The van der Waals surface area contributed by atoms with Crippen LogP contribution in [0.15, 0.2) is 48.7 Å². The van der Waals surface area contributed by atoms with Gasteiger partial charge in [-0.2, -0.15) is 0 Å². The Balaban J connectivity index is 2.29. The van der Waals surface area contributed by atoms with Crippen molar-refractivity contribution in [1.29, 1.82) is 0 Å². The molecule has 0 saturated heterocycles. The molecule has 0 unspecified atom stereocenters. The van der Waals surface area contributed by atoms with E-state index in [0.29, 0.717) is 5.56 Å². The molecule has 0 fully saturated rings. The zero-order valence-corrected chi connectivity index (χ0v) is 12.9. The minimum absolute atomic E-state index is 0.0314. The molecule has 128 valence electrons. The van der Waals surface area contributed by atoms with E-state index < -0.39 is 15.8 Å². The number of para-hydroxylation sites is 1.